The number of carbonyl (C=O) groups is 1. The molecule has 0 aliphatic heterocycles. The highest BCUT2D eigenvalue weighted by atomic mass is 127. The van der Waals surface area contributed by atoms with E-state index in [2.05, 4.69) is 41.5 Å². The van der Waals surface area contributed by atoms with Gasteiger partial charge in [-0.1, -0.05) is 26.0 Å². The first-order valence-corrected chi connectivity index (χ1v) is 14.6. The number of hydrogen-bond acceptors (Lipinski definition) is 8. The van der Waals surface area contributed by atoms with Gasteiger partial charge < -0.3 is 18.9 Å². The number of benzene rings is 3. The third kappa shape index (κ3) is 6.43. The number of nitrogens with zero attached hydrogens (tertiary/aromatic N) is 3. The van der Waals surface area contributed by atoms with Crippen LogP contribution in [0.2, 0.25) is 0 Å². The molecule has 0 amide bonds. The molecule has 1 aromatic heterocycles. The van der Waals surface area contributed by atoms with E-state index in [1.165, 1.54) is 18.9 Å². The van der Waals surface area contributed by atoms with Gasteiger partial charge in [0.05, 0.1) is 41.5 Å². The van der Waals surface area contributed by atoms with Crippen molar-refractivity contribution in [1.29, 1.82) is 0 Å². The van der Waals surface area contributed by atoms with Crippen molar-refractivity contribution in [3.63, 3.8) is 0 Å². The molecule has 0 aliphatic rings. The number of rotatable bonds is 10. The molecule has 4 aromatic rings. The highest BCUT2D eigenvalue weighted by Gasteiger charge is 2.21. The molecule has 9 nitrogen and oxygen atoms in total. The summed E-state index contributed by atoms with van der Waals surface area (Å²) in [4.78, 5) is 30.6. The minimum atomic E-state index is -0.824. The molecule has 0 spiro atoms. The fourth-order valence-electron chi connectivity index (χ4n) is 4.52. The molecule has 0 aliphatic carbocycles. The first-order chi connectivity index (χ1) is 20.1. The van der Waals surface area contributed by atoms with E-state index in [4.69, 9.17) is 23.9 Å². The number of carbonyl (C=O) groups excluding carboxylic acids is 1. The molecule has 3 aromatic carbocycles. The van der Waals surface area contributed by atoms with Gasteiger partial charge >= 0.3 is 5.97 Å². The van der Waals surface area contributed by atoms with Crippen LogP contribution in [0.4, 0.5) is 0 Å². The Bertz CT molecular complexity index is 1710. The first kappa shape index (κ1) is 31.0. The van der Waals surface area contributed by atoms with Gasteiger partial charge in [-0.25, -0.2) is 9.78 Å². The van der Waals surface area contributed by atoms with Crippen LogP contribution in [0.3, 0.4) is 0 Å². The standard InChI is InChI=1S/C32H34IN3O6/c1-8-41-27-13-19(4)24(16-23(27)18(2)3)30-35-26-12-10-9-11-22(26)31(37)36(30)34-17-21-14-25(33)29(28(15-21)39-6)42-20(5)32(38)40-7/h9-18,20H,8H2,1-7H3/t20-/m1/s1. The second-order valence-electron chi connectivity index (χ2n) is 9.92. The molecule has 1 heterocycles. The van der Waals surface area contributed by atoms with E-state index in [9.17, 15) is 9.59 Å². The van der Waals surface area contributed by atoms with E-state index in [1.807, 2.05) is 44.2 Å². The summed E-state index contributed by atoms with van der Waals surface area (Å²) in [6, 6.07) is 14.8. The number of esters is 1. The van der Waals surface area contributed by atoms with Crippen LogP contribution >= 0.6 is 22.6 Å². The lowest BCUT2D eigenvalue weighted by Gasteiger charge is -2.18. The van der Waals surface area contributed by atoms with Gasteiger partial charge in [0.15, 0.2) is 23.4 Å². The van der Waals surface area contributed by atoms with E-state index in [0.717, 1.165) is 22.4 Å². The summed E-state index contributed by atoms with van der Waals surface area (Å²) >= 11 is 2.10. The Labute approximate surface area is 258 Å². The molecule has 220 valence electrons. The fourth-order valence-corrected chi connectivity index (χ4v) is 5.27. The zero-order valence-electron chi connectivity index (χ0n) is 24.7. The van der Waals surface area contributed by atoms with Gasteiger partial charge in [0.25, 0.3) is 5.56 Å². The predicted octanol–water partition coefficient (Wildman–Crippen LogP) is 6.33. The Morgan fingerprint density at radius 3 is 2.50 bits per heavy atom. The smallest absolute Gasteiger partial charge is 0.346 e. The number of methoxy groups -OCH3 is 2. The number of fused-ring (bicyclic) bond motifs is 1. The number of aromatic nitrogens is 2. The topological polar surface area (TPSA) is 101 Å². The van der Waals surface area contributed by atoms with Gasteiger partial charge in [0.1, 0.15) is 5.75 Å². The molecule has 0 saturated heterocycles. The average Bonchev–Trinajstić information content (AvgIpc) is 2.97. The highest BCUT2D eigenvalue weighted by molar-refractivity contribution is 14.1. The van der Waals surface area contributed by atoms with Crippen molar-refractivity contribution in [2.75, 3.05) is 20.8 Å². The number of ether oxygens (including phenoxy) is 4. The van der Waals surface area contributed by atoms with Crippen molar-refractivity contribution in [1.82, 2.24) is 9.66 Å². The Morgan fingerprint density at radius 2 is 1.83 bits per heavy atom. The highest BCUT2D eigenvalue weighted by Crippen LogP contribution is 2.36. The van der Waals surface area contributed by atoms with E-state index >= 15 is 0 Å². The van der Waals surface area contributed by atoms with E-state index < -0.39 is 12.1 Å². The molecule has 4 rings (SSSR count). The van der Waals surface area contributed by atoms with Gasteiger partial charge in [-0.2, -0.15) is 9.78 Å². The monoisotopic (exact) mass is 683 g/mol. The second kappa shape index (κ2) is 13.4. The lowest BCUT2D eigenvalue weighted by atomic mass is 9.96. The van der Waals surface area contributed by atoms with E-state index in [1.54, 1.807) is 31.3 Å². The molecule has 10 heteroatoms. The van der Waals surface area contributed by atoms with Crippen molar-refractivity contribution in [2.45, 2.75) is 46.6 Å². The van der Waals surface area contributed by atoms with Crippen LogP contribution in [0.1, 0.15) is 50.3 Å². The SMILES string of the molecule is CCOc1cc(C)c(-c2nc3ccccc3c(=O)n2N=Cc2cc(I)c(O[C@H](C)C(=O)OC)c(OC)c2)cc1C(C)C. The van der Waals surface area contributed by atoms with Gasteiger partial charge in [0, 0.05) is 5.56 Å². The van der Waals surface area contributed by atoms with Crippen LogP contribution in [0.5, 0.6) is 17.2 Å². The molecule has 1 atom stereocenters. The Morgan fingerprint density at radius 1 is 1.10 bits per heavy atom. The van der Waals surface area contributed by atoms with Crippen molar-refractivity contribution in [3.8, 4) is 28.6 Å². The molecular formula is C32H34IN3O6. The predicted molar refractivity (Wildman–Crippen MR) is 172 cm³/mol. The average molecular weight is 684 g/mol. The minimum absolute atomic E-state index is 0.187. The van der Waals surface area contributed by atoms with Gasteiger partial charge in [0.2, 0.25) is 0 Å². The summed E-state index contributed by atoms with van der Waals surface area (Å²) in [5.74, 6) is 1.74. The summed E-state index contributed by atoms with van der Waals surface area (Å²) < 4.78 is 24.1. The Balaban J connectivity index is 1.87. The van der Waals surface area contributed by atoms with Crippen molar-refractivity contribution < 1.29 is 23.7 Å². The summed E-state index contributed by atoms with van der Waals surface area (Å²) in [6.45, 7) is 10.3. The van der Waals surface area contributed by atoms with Crippen LogP contribution in [0.15, 0.2) is 58.4 Å². The first-order valence-electron chi connectivity index (χ1n) is 13.5. The lowest BCUT2D eigenvalue weighted by Crippen LogP contribution is -2.25. The molecule has 0 unspecified atom stereocenters. The maximum Gasteiger partial charge on any atom is 0.346 e. The molecular weight excluding hydrogens is 649 g/mol. The van der Waals surface area contributed by atoms with Crippen molar-refractivity contribution in [2.24, 2.45) is 5.10 Å². The summed E-state index contributed by atoms with van der Waals surface area (Å²) in [5, 5.41) is 5.09. The van der Waals surface area contributed by atoms with E-state index in [0.29, 0.717) is 44.0 Å². The minimum Gasteiger partial charge on any atom is -0.494 e. The van der Waals surface area contributed by atoms with Gasteiger partial charge in [-0.05, 0) is 102 Å². The van der Waals surface area contributed by atoms with E-state index in [-0.39, 0.29) is 11.5 Å². The number of hydrogen-bond donors (Lipinski definition) is 0. The Hall–Kier alpha value is -3.93. The largest absolute Gasteiger partial charge is 0.494 e. The van der Waals surface area contributed by atoms with Crippen molar-refractivity contribution >= 4 is 45.7 Å². The molecule has 0 bridgehead atoms. The zero-order valence-corrected chi connectivity index (χ0v) is 26.9. The summed E-state index contributed by atoms with van der Waals surface area (Å²) in [5.41, 5.74) is 3.67. The molecule has 0 N–H and O–H groups in total. The third-order valence-corrected chi connectivity index (χ3v) is 7.48. The molecule has 0 radical (unpaired) electrons. The zero-order chi connectivity index (χ0) is 30.6. The third-order valence-electron chi connectivity index (χ3n) is 6.68. The summed E-state index contributed by atoms with van der Waals surface area (Å²) in [6.07, 6.45) is 0.752. The van der Waals surface area contributed by atoms with Crippen LogP contribution in [0.25, 0.3) is 22.3 Å². The molecule has 42 heavy (non-hydrogen) atoms. The normalized spacial score (nSPS) is 12.1. The maximum absolute atomic E-state index is 13.8. The van der Waals surface area contributed by atoms with Gasteiger partial charge in [-0.3, -0.25) is 4.79 Å². The maximum atomic E-state index is 13.8. The van der Waals surface area contributed by atoms with Crippen LogP contribution in [-0.4, -0.2) is 48.8 Å². The van der Waals surface area contributed by atoms with Crippen LogP contribution in [0, 0.1) is 10.5 Å². The molecule has 0 fully saturated rings. The number of aryl methyl sites for hydroxylation is 1. The fraction of sp³-hybridized carbons (Fsp3) is 0.312. The van der Waals surface area contributed by atoms with Crippen LogP contribution < -0.4 is 19.8 Å². The number of para-hydroxylation sites is 1. The van der Waals surface area contributed by atoms with Crippen molar-refractivity contribution in [3.05, 3.63) is 79.1 Å². The quantitative estimate of drug-likeness (QED) is 0.109. The van der Waals surface area contributed by atoms with Crippen LogP contribution in [-0.2, 0) is 9.53 Å². The Kier molecular flexibility index (Phi) is 9.87. The summed E-state index contributed by atoms with van der Waals surface area (Å²) in [7, 11) is 2.82. The molecule has 0 saturated carbocycles. The number of halogens is 1. The van der Waals surface area contributed by atoms with Gasteiger partial charge in [-0.15, -0.1) is 0 Å². The lowest BCUT2D eigenvalue weighted by molar-refractivity contribution is -0.148. The second-order valence-corrected chi connectivity index (χ2v) is 11.1.